The maximum atomic E-state index is 13.1. The molecule has 2 aromatic carbocycles. The van der Waals surface area contributed by atoms with Crippen LogP contribution in [0.15, 0.2) is 65.7 Å². The van der Waals surface area contributed by atoms with E-state index in [1.807, 2.05) is 42.5 Å². The maximum absolute atomic E-state index is 13.1. The van der Waals surface area contributed by atoms with Crippen molar-refractivity contribution in [3.8, 4) is 11.1 Å². The number of halogens is 1. The van der Waals surface area contributed by atoms with E-state index < -0.39 is 6.04 Å². The molecule has 1 saturated heterocycles. The highest BCUT2D eigenvalue weighted by Crippen LogP contribution is 2.26. The first kappa shape index (κ1) is 20.1. The Morgan fingerprint density at radius 3 is 2.46 bits per heavy atom. The van der Waals surface area contributed by atoms with Crippen LogP contribution in [0.1, 0.15) is 16.8 Å². The van der Waals surface area contributed by atoms with E-state index in [9.17, 15) is 9.59 Å². The van der Waals surface area contributed by atoms with E-state index in [1.165, 1.54) is 5.54 Å². The van der Waals surface area contributed by atoms with Crippen molar-refractivity contribution in [3.05, 3.63) is 71.3 Å². The highest BCUT2D eigenvalue weighted by atomic mass is 35.5. The molecule has 1 N–H and O–H groups in total. The van der Waals surface area contributed by atoms with E-state index in [0.717, 1.165) is 16.7 Å². The van der Waals surface area contributed by atoms with Gasteiger partial charge in [0.05, 0.1) is 6.61 Å². The second kappa shape index (κ2) is 9.53. The quantitative estimate of drug-likeness (QED) is 0.758. The van der Waals surface area contributed by atoms with Crippen LogP contribution in [0.5, 0.6) is 0 Å². The molecule has 0 radical (unpaired) electrons. The summed E-state index contributed by atoms with van der Waals surface area (Å²) >= 11 is 5.86. The van der Waals surface area contributed by atoms with Gasteiger partial charge in [0.2, 0.25) is 5.91 Å². The minimum Gasteiger partial charge on any atom is -0.383 e. The zero-order valence-corrected chi connectivity index (χ0v) is 16.5. The van der Waals surface area contributed by atoms with Gasteiger partial charge in [0.25, 0.3) is 5.91 Å². The van der Waals surface area contributed by atoms with Gasteiger partial charge in [-0.3, -0.25) is 9.59 Å². The summed E-state index contributed by atoms with van der Waals surface area (Å²) in [7, 11) is 1.57. The molecule has 0 spiro atoms. The van der Waals surface area contributed by atoms with Gasteiger partial charge in [-0.2, -0.15) is 0 Å². The third kappa shape index (κ3) is 4.61. The Bertz CT molecular complexity index is 850. The van der Waals surface area contributed by atoms with Crippen molar-refractivity contribution in [1.82, 2.24) is 10.2 Å². The number of rotatable bonds is 6. The maximum Gasteiger partial charge on any atom is 0.254 e. The first-order valence-electron chi connectivity index (χ1n) is 9.15. The monoisotopic (exact) mass is 398 g/mol. The lowest BCUT2D eigenvalue weighted by Gasteiger charge is -2.23. The summed E-state index contributed by atoms with van der Waals surface area (Å²) in [6, 6.07) is 16.8. The van der Waals surface area contributed by atoms with Crippen molar-refractivity contribution in [1.29, 1.82) is 0 Å². The van der Waals surface area contributed by atoms with Crippen LogP contribution in [0, 0.1) is 0 Å². The fraction of sp³-hybridized carbons (Fsp3) is 0.273. The van der Waals surface area contributed by atoms with E-state index in [-0.39, 0.29) is 11.8 Å². The number of benzene rings is 2. The Morgan fingerprint density at radius 2 is 1.82 bits per heavy atom. The van der Waals surface area contributed by atoms with Gasteiger partial charge in [0.1, 0.15) is 6.04 Å². The second-order valence-electron chi connectivity index (χ2n) is 6.65. The molecule has 0 bridgehead atoms. The minimum atomic E-state index is -0.567. The summed E-state index contributed by atoms with van der Waals surface area (Å²) in [5.74, 6) is -0.375. The smallest absolute Gasteiger partial charge is 0.254 e. The zero-order valence-electron chi connectivity index (χ0n) is 15.7. The lowest BCUT2D eigenvalue weighted by molar-refractivity contribution is -0.125. The molecular weight excluding hydrogens is 376 g/mol. The Hall–Kier alpha value is -2.63. The molecule has 3 rings (SSSR count). The van der Waals surface area contributed by atoms with E-state index in [1.54, 1.807) is 24.1 Å². The van der Waals surface area contributed by atoms with Gasteiger partial charge in [-0.25, -0.2) is 0 Å². The Labute approximate surface area is 169 Å². The fourth-order valence-electron chi connectivity index (χ4n) is 3.27. The number of hydrogen-bond acceptors (Lipinski definition) is 3. The average Bonchev–Trinajstić information content (AvgIpc) is 3.19. The SMILES string of the molecule is COCCNC(=O)[C@@H]1C/C(=C/Cl)CN1C(=O)c1ccc(-c2ccccc2)cc1. The molecule has 2 amide bonds. The number of hydrogen-bond donors (Lipinski definition) is 1. The average molecular weight is 399 g/mol. The second-order valence-corrected chi connectivity index (χ2v) is 6.87. The van der Waals surface area contributed by atoms with Gasteiger partial charge in [0.15, 0.2) is 0 Å². The van der Waals surface area contributed by atoms with Gasteiger partial charge < -0.3 is 15.0 Å². The van der Waals surface area contributed by atoms with Gasteiger partial charge in [0, 0.05) is 37.7 Å². The molecule has 2 aromatic rings. The number of nitrogens with one attached hydrogen (secondary N) is 1. The normalized spacial score (nSPS) is 17.7. The van der Waals surface area contributed by atoms with Crippen LogP contribution in [0.3, 0.4) is 0 Å². The number of methoxy groups -OCH3 is 1. The van der Waals surface area contributed by atoms with Crippen LogP contribution in [0.2, 0.25) is 0 Å². The summed E-state index contributed by atoms with van der Waals surface area (Å²) in [6.45, 7) is 1.18. The number of amides is 2. The van der Waals surface area contributed by atoms with Crippen LogP contribution in [-0.4, -0.2) is 49.6 Å². The molecule has 1 atom stereocenters. The van der Waals surface area contributed by atoms with E-state index in [2.05, 4.69) is 5.32 Å². The largest absolute Gasteiger partial charge is 0.383 e. The number of likely N-dealkylation sites (tertiary alicyclic amines) is 1. The van der Waals surface area contributed by atoms with E-state index in [4.69, 9.17) is 16.3 Å². The zero-order chi connectivity index (χ0) is 19.9. The van der Waals surface area contributed by atoms with E-state index >= 15 is 0 Å². The topological polar surface area (TPSA) is 58.6 Å². The van der Waals surface area contributed by atoms with Gasteiger partial charge in [-0.05, 0) is 28.8 Å². The number of carbonyl (C=O) groups excluding carboxylic acids is 2. The Balaban J connectivity index is 1.76. The first-order chi connectivity index (χ1) is 13.6. The standard InChI is InChI=1S/C22H23ClN2O3/c1-28-12-11-24-21(26)20-13-16(14-23)15-25(20)22(27)19-9-7-18(8-10-19)17-5-3-2-4-6-17/h2-10,14,20H,11-13,15H2,1H3,(H,24,26)/b16-14-/t20-/m0/s1. The third-order valence-corrected chi connectivity index (χ3v) is 5.08. The highest BCUT2D eigenvalue weighted by molar-refractivity contribution is 6.25. The van der Waals surface area contributed by atoms with Gasteiger partial charge in [-0.1, -0.05) is 54.1 Å². The number of carbonyl (C=O) groups is 2. The minimum absolute atomic E-state index is 0.181. The molecule has 1 fully saturated rings. The number of ether oxygens (including phenoxy) is 1. The summed E-state index contributed by atoms with van der Waals surface area (Å²) in [5.41, 5.74) is 4.99. The molecule has 0 unspecified atom stereocenters. The molecule has 6 heteroatoms. The van der Waals surface area contributed by atoms with Crippen molar-refractivity contribution in [2.75, 3.05) is 26.8 Å². The first-order valence-corrected chi connectivity index (χ1v) is 9.59. The predicted octanol–water partition coefficient (Wildman–Crippen LogP) is 3.45. The predicted molar refractivity (Wildman–Crippen MR) is 110 cm³/mol. The van der Waals surface area contributed by atoms with Crippen molar-refractivity contribution < 1.29 is 14.3 Å². The summed E-state index contributed by atoms with van der Waals surface area (Å²) in [6.07, 6.45) is 0.441. The molecule has 0 aliphatic carbocycles. The van der Waals surface area contributed by atoms with Gasteiger partial charge >= 0.3 is 0 Å². The van der Waals surface area contributed by atoms with Crippen molar-refractivity contribution in [3.63, 3.8) is 0 Å². The van der Waals surface area contributed by atoms with Crippen molar-refractivity contribution in [2.45, 2.75) is 12.5 Å². The summed E-state index contributed by atoms with van der Waals surface area (Å²) in [4.78, 5) is 27.2. The highest BCUT2D eigenvalue weighted by Gasteiger charge is 2.36. The van der Waals surface area contributed by atoms with Gasteiger partial charge in [-0.15, -0.1) is 0 Å². The molecule has 5 nitrogen and oxygen atoms in total. The molecule has 1 aliphatic rings. The molecular formula is C22H23ClN2O3. The molecule has 1 aliphatic heterocycles. The molecule has 1 heterocycles. The van der Waals surface area contributed by atoms with Crippen LogP contribution in [0.25, 0.3) is 11.1 Å². The lowest BCUT2D eigenvalue weighted by atomic mass is 10.0. The third-order valence-electron chi connectivity index (χ3n) is 4.77. The van der Waals surface area contributed by atoms with Crippen LogP contribution in [-0.2, 0) is 9.53 Å². The van der Waals surface area contributed by atoms with Crippen LogP contribution >= 0.6 is 11.6 Å². The van der Waals surface area contributed by atoms with E-state index in [0.29, 0.717) is 31.7 Å². The number of nitrogens with zero attached hydrogens (tertiary/aromatic N) is 1. The lowest BCUT2D eigenvalue weighted by Crippen LogP contribution is -2.46. The Morgan fingerprint density at radius 1 is 1.14 bits per heavy atom. The molecule has 0 saturated carbocycles. The summed E-state index contributed by atoms with van der Waals surface area (Å²) < 4.78 is 4.96. The van der Waals surface area contributed by atoms with Crippen molar-refractivity contribution in [2.24, 2.45) is 0 Å². The molecule has 146 valence electrons. The van der Waals surface area contributed by atoms with Crippen LogP contribution < -0.4 is 5.32 Å². The molecule has 0 aromatic heterocycles. The fourth-order valence-corrected chi connectivity index (χ4v) is 3.43. The van der Waals surface area contributed by atoms with Crippen molar-refractivity contribution >= 4 is 23.4 Å². The van der Waals surface area contributed by atoms with Crippen LogP contribution in [0.4, 0.5) is 0 Å². The molecule has 28 heavy (non-hydrogen) atoms. The summed E-state index contributed by atoms with van der Waals surface area (Å²) in [5, 5.41) is 2.81. The Kier molecular flexibility index (Phi) is 6.85.